The Morgan fingerprint density at radius 3 is 2.45 bits per heavy atom. The second-order valence-electron chi connectivity index (χ2n) is 5.41. The molecule has 22 heavy (non-hydrogen) atoms. The molecule has 0 radical (unpaired) electrons. The summed E-state index contributed by atoms with van der Waals surface area (Å²) >= 11 is 0. The molecular formula is C19H14N2O. The van der Waals surface area contributed by atoms with Crippen LogP contribution in [0.2, 0.25) is 0 Å². The lowest BCUT2D eigenvalue weighted by Gasteiger charge is -2.08. The average Bonchev–Trinajstić information content (AvgIpc) is 3.04. The van der Waals surface area contributed by atoms with Gasteiger partial charge in [-0.1, -0.05) is 42.0 Å². The lowest BCUT2D eigenvalue weighted by molar-refractivity contribution is 0.103. The third-order valence-electron chi connectivity index (χ3n) is 3.89. The number of para-hydroxylation sites is 2. The number of aryl methyl sites for hydroxylation is 1. The Hall–Kier alpha value is -2.94. The van der Waals surface area contributed by atoms with Crippen LogP contribution >= 0.6 is 0 Å². The first-order chi connectivity index (χ1) is 10.7. The molecule has 0 amide bonds. The van der Waals surface area contributed by atoms with E-state index >= 15 is 0 Å². The Morgan fingerprint density at radius 2 is 1.64 bits per heavy atom. The summed E-state index contributed by atoms with van der Waals surface area (Å²) < 4.78 is 2.02. The van der Waals surface area contributed by atoms with Gasteiger partial charge in [0.15, 0.2) is 0 Å². The van der Waals surface area contributed by atoms with E-state index in [4.69, 9.17) is 0 Å². The molecule has 3 heteroatoms. The molecule has 0 saturated heterocycles. The molecule has 0 fully saturated rings. The van der Waals surface area contributed by atoms with Crippen LogP contribution in [-0.2, 0) is 0 Å². The number of rotatable bonds is 2. The standard InChI is InChI=1S/C19H14N2O/c1-13-8-10-14(11-9-13)19(22)18-17-7-4-12-21(17)16-6-3-2-5-15(16)20-18/h2-12H,1H3. The molecule has 3 nitrogen and oxygen atoms in total. The lowest BCUT2D eigenvalue weighted by Crippen LogP contribution is -2.07. The zero-order valence-corrected chi connectivity index (χ0v) is 12.2. The molecule has 0 atom stereocenters. The van der Waals surface area contributed by atoms with E-state index in [0.717, 1.165) is 22.1 Å². The summed E-state index contributed by atoms with van der Waals surface area (Å²) in [5.74, 6) is -0.0468. The highest BCUT2D eigenvalue weighted by atomic mass is 16.1. The monoisotopic (exact) mass is 286 g/mol. The quantitative estimate of drug-likeness (QED) is 0.521. The Kier molecular flexibility index (Phi) is 2.79. The Bertz CT molecular complexity index is 997. The van der Waals surface area contributed by atoms with Gasteiger partial charge in [0.2, 0.25) is 5.78 Å². The average molecular weight is 286 g/mol. The number of nitrogens with zero attached hydrogens (tertiary/aromatic N) is 2. The predicted octanol–water partition coefficient (Wildman–Crippen LogP) is 4.03. The number of ketones is 1. The topological polar surface area (TPSA) is 34.4 Å². The van der Waals surface area contributed by atoms with Gasteiger partial charge < -0.3 is 4.40 Å². The Balaban J connectivity index is 1.98. The van der Waals surface area contributed by atoms with Crippen molar-refractivity contribution in [2.75, 3.05) is 0 Å². The highest BCUT2D eigenvalue weighted by molar-refractivity contribution is 6.12. The SMILES string of the molecule is Cc1ccc(C(=O)c2nc3ccccc3n3cccc23)cc1. The third kappa shape index (κ3) is 1.91. The van der Waals surface area contributed by atoms with Crippen LogP contribution in [0.4, 0.5) is 0 Å². The summed E-state index contributed by atoms with van der Waals surface area (Å²) in [6.07, 6.45) is 1.96. The number of carbonyl (C=O) groups is 1. The minimum atomic E-state index is -0.0468. The zero-order valence-electron chi connectivity index (χ0n) is 12.2. The zero-order chi connectivity index (χ0) is 15.1. The number of fused-ring (bicyclic) bond motifs is 3. The van der Waals surface area contributed by atoms with Gasteiger partial charge in [-0.15, -0.1) is 0 Å². The molecule has 0 unspecified atom stereocenters. The maximum atomic E-state index is 12.8. The van der Waals surface area contributed by atoms with Crippen molar-refractivity contribution >= 4 is 22.3 Å². The number of carbonyl (C=O) groups excluding carboxylic acids is 1. The van der Waals surface area contributed by atoms with Gasteiger partial charge in [0.05, 0.1) is 16.6 Å². The Morgan fingerprint density at radius 1 is 0.909 bits per heavy atom. The van der Waals surface area contributed by atoms with E-state index in [2.05, 4.69) is 4.98 Å². The molecule has 0 aliphatic heterocycles. The fraction of sp³-hybridized carbons (Fsp3) is 0.0526. The van der Waals surface area contributed by atoms with E-state index in [-0.39, 0.29) is 5.78 Å². The highest BCUT2D eigenvalue weighted by Gasteiger charge is 2.16. The molecule has 0 aliphatic rings. The van der Waals surface area contributed by atoms with E-state index < -0.39 is 0 Å². The first-order valence-corrected chi connectivity index (χ1v) is 7.21. The van der Waals surface area contributed by atoms with Crippen LogP contribution in [0.3, 0.4) is 0 Å². The van der Waals surface area contributed by atoms with Crippen LogP contribution in [0.25, 0.3) is 16.6 Å². The minimum Gasteiger partial charge on any atom is -0.313 e. The van der Waals surface area contributed by atoms with Crippen molar-refractivity contribution in [1.29, 1.82) is 0 Å². The molecule has 0 N–H and O–H groups in total. The number of hydrogen-bond acceptors (Lipinski definition) is 2. The molecule has 2 aromatic heterocycles. The molecule has 4 rings (SSSR count). The first-order valence-electron chi connectivity index (χ1n) is 7.21. The largest absolute Gasteiger partial charge is 0.313 e. The van der Waals surface area contributed by atoms with Crippen LogP contribution in [0, 0.1) is 6.92 Å². The molecule has 2 aromatic carbocycles. The summed E-state index contributed by atoms with van der Waals surface area (Å²) in [4.78, 5) is 17.4. The Labute approximate surface area is 127 Å². The van der Waals surface area contributed by atoms with E-state index in [1.807, 2.05) is 78.2 Å². The molecule has 0 aliphatic carbocycles. The van der Waals surface area contributed by atoms with Crippen LogP contribution in [0.15, 0.2) is 66.9 Å². The van der Waals surface area contributed by atoms with Gasteiger partial charge in [-0.3, -0.25) is 4.79 Å². The van der Waals surface area contributed by atoms with Gasteiger partial charge >= 0.3 is 0 Å². The first kappa shape index (κ1) is 12.8. The molecule has 2 heterocycles. The smallest absolute Gasteiger partial charge is 0.213 e. The van der Waals surface area contributed by atoms with Crippen LogP contribution in [-0.4, -0.2) is 15.2 Å². The maximum Gasteiger partial charge on any atom is 0.213 e. The molecule has 0 spiro atoms. The van der Waals surface area contributed by atoms with Gasteiger partial charge in [0.25, 0.3) is 0 Å². The number of aromatic nitrogens is 2. The lowest BCUT2D eigenvalue weighted by atomic mass is 10.1. The van der Waals surface area contributed by atoms with Crippen LogP contribution in [0.5, 0.6) is 0 Å². The summed E-state index contributed by atoms with van der Waals surface area (Å²) in [7, 11) is 0. The van der Waals surface area contributed by atoms with Crippen molar-refractivity contribution in [1.82, 2.24) is 9.38 Å². The minimum absolute atomic E-state index is 0.0468. The normalized spacial score (nSPS) is 11.1. The summed E-state index contributed by atoms with van der Waals surface area (Å²) in [6.45, 7) is 2.01. The molecule has 106 valence electrons. The van der Waals surface area contributed by atoms with E-state index in [1.165, 1.54) is 0 Å². The molecular weight excluding hydrogens is 272 g/mol. The second-order valence-corrected chi connectivity index (χ2v) is 5.41. The highest BCUT2D eigenvalue weighted by Crippen LogP contribution is 2.21. The van der Waals surface area contributed by atoms with Crippen molar-refractivity contribution in [3.8, 4) is 0 Å². The van der Waals surface area contributed by atoms with Gasteiger partial charge in [0.1, 0.15) is 5.69 Å². The van der Waals surface area contributed by atoms with Crippen LogP contribution in [0.1, 0.15) is 21.6 Å². The van der Waals surface area contributed by atoms with Crippen molar-refractivity contribution in [3.63, 3.8) is 0 Å². The van der Waals surface area contributed by atoms with Gasteiger partial charge in [-0.25, -0.2) is 4.98 Å². The van der Waals surface area contributed by atoms with Gasteiger partial charge in [-0.2, -0.15) is 0 Å². The van der Waals surface area contributed by atoms with Crippen molar-refractivity contribution in [2.24, 2.45) is 0 Å². The summed E-state index contributed by atoms with van der Waals surface area (Å²) in [5, 5.41) is 0. The third-order valence-corrected chi connectivity index (χ3v) is 3.89. The fourth-order valence-electron chi connectivity index (χ4n) is 2.73. The number of hydrogen-bond donors (Lipinski definition) is 0. The summed E-state index contributed by atoms with van der Waals surface area (Å²) in [5.41, 5.74) is 4.95. The van der Waals surface area contributed by atoms with Crippen LogP contribution < -0.4 is 0 Å². The molecule has 0 saturated carbocycles. The molecule has 0 bridgehead atoms. The predicted molar refractivity (Wildman–Crippen MR) is 87.3 cm³/mol. The van der Waals surface area contributed by atoms with Crippen molar-refractivity contribution < 1.29 is 4.79 Å². The fourth-order valence-corrected chi connectivity index (χ4v) is 2.73. The van der Waals surface area contributed by atoms with Crippen molar-refractivity contribution in [2.45, 2.75) is 6.92 Å². The second kappa shape index (κ2) is 4.81. The van der Waals surface area contributed by atoms with Gasteiger partial charge in [-0.05, 0) is 31.2 Å². The van der Waals surface area contributed by atoms with E-state index in [9.17, 15) is 4.79 Å². The van der Waals surface area contributed by atoms with Crippen molar-refractivity contribution in [3.05, 3.63) is 83.7 Å². The molecule has 4 aromatic rings. The maximum absolute atomic E-state index is 12.8. The summed E-state index contributed by atoms with van der Waals surface area (Å²) in [6, 6.07) is 19.3. The van der Waals surface area contributed by atoms with E-state index in [0.29, 0.717) is 11.3 Å². The number of benzene rings is 2. The van der Waals surface area contributed by atoms with Gasteiger partial charge in [0, 0.05) is 11.8 Å². The van der Waals surface area contributed by atoms with E-state index in [1.54, 1.807) is 0 Å².